The highest BCUT2D eigenvalue weighted by molar-refractivity contribution is 9.11. The van der Waals surface area contributed by atoms with Crippen molar-refractivity contribution in [3.05, 3.63) is 66.6 Å². The van der Waals surface area contributed by atoms with Gasteiger partial charge in [0.1, 0.15) is 0 Å². The van der Waals surface area contributed by atoms with Gasteiger partial charge in [0, 0.05) is 16.5 Å². The highest BCUT2D eigenvalue weighted by atomic mass is 79.9. The van der Waals surface area contributed by atoms with E-state index in [2.05, 4.69) is 52.8 Å². The molecule has 144 valence electrons. The molecule has 0 fully saturated rings. The monoisotopic (exact) mass is 569 g/mol. The molecule has 0 atom stereocenters. The average Bonchev–Trinajstić information content (AvgIpc) is 2.99. The van der Waals surface area contributed by atoms with Crippen LogP contribution in [0.1, 0.15) is 30.9 Å². The number of hydrogen-bond acceptors (Lipinski definition) is 5. The molecule has 0 bridgehead atoms. The van der Waals surface area contributed by atoms with Crippen LogP contribution in [0.3, 0.4) is 0 Å². The van der Waals surface area contributed by atoms with Gasteiger partial charge < -0.3 is 9.47 Å². The van der Waals surface area contributed by atoms with Crippen molar-refractivity contribution < 1.29 is 19.1 Å². The Bertz CT molecular complexity index is 974. The lowest BCUT2D eigenvalue weighted by atomic mass is 10.2. The molecule has 2 aromatic carbocycles. The van der Waals surface area contributed by atoms with Gasteiger partial charge in [-0.05, 0) is 86.3 Å². The molecule has 0 unspecified atom stereocenters. The Balaban J connectivity index is 1.87. The maximum absolute atomic E-state index is 12.2. The minimum absolute atomic E-state index is 0.187. The SMILES string of the molecule is CCCC(=O)Oc1c(Br)cc(/C=C2\N=C(c3ccc(Br)cc3)OC2=O)cc1Br. The van der Waals surface area contributed by atoms with Gasteiger partial charge in [-0.3, -0.25) is 4.79 Å². The molecule has 0 spiro atoms. The van der Waals surface area contributed by atoms with Crippen LogP contribution in [-0.2, 0) is 14.3 Å². The van der Waals surface area contributed by atoms with E-state index >= 15 is 0 Å². The van der Waals surface area contributed by atoms with Crippen molar-refractivity contribution in [2.75, 3.05) is 0 Å². The van der Waals surface area contributed by atoms with Crippen LogP contribution in [-0.4, -0.2) is 17.8 Å². The van der Waals surface area contributed by atoms with Gasteiger partial charge in [0.05, 0.1) is 8.95 Å². The summed E-state index contributed by atoms with van der Waals surface area (Å²) in [7, 11) is 0. The maximum atomic E-state index is 12.2. The summed E-state index contributed by atoms with van der Waals surface area (Å²) in [5, 5.41) is 0. The van der Waals surface area contributed by atoms with E-state index in [1.165, 1.54) is 0 Å². The second kappa shape index (κ2) is 9.15. The van der Waals surface area contributed by atoms with Gasteiger partial charge in [0.15, 0.2) is 11.4 Å². The second-order valence-electron chi connectivity index (χ2n) is 5.88. The van der Waals surface area contributed by atoms with E-state index in [1.807, 2.05) is 31.2 Å². The van der Waals surface area contributed by atoms with Crippen LogP contribution in [0, 0.1) is 0 Å². The van der Waals surface area contributed by atoms with Gasteiger partial charge in [-0.1, -0.05) is 22.9 Å². The van der Waals surface area contributed by atoms with Crippen molar-refractivity contribution in [3.63, 3.8) is 0 Å². The predicted molar refractivity (Wildman–Crippen MR) is 117 cm³/mol. The molecule has 1 aliphatic heterocycles. The number of hydrogen-bond donors (Lipinski definition) is 0. The van der Waals surface area contributed by atoms with E-state index in [0.717, 1.165) is 4.47 Å². The summed E-state index contributed by atoms with van der Waals surface area (Å²) in [6.07, 6.45) is 2.66. The van der Waals surface area contributed by atoms with Crippen LogP contribution in [0.5, 0.6) is 5.75 Å². The van der Waals surface area contributed by atoms with Crippen LogP contribution in [0.4, 0.5) is 0 Å². The quantitative estimate of drug-likeness (QED) is 0.250. The van der Waals surface area contributed by atoms with Crippen LogP contribution < -0.4 is 4.74 Å². The molecular formula is C20H14Br3NO4. The molecule has 1 aliphatic rings. The Labute approximate surface area is 187 Å². The van der Waals surface area contributed by atoms with E-state index in [-0.39, 0.29) is 17.6 Å². The summed E-state index contributed by atoms with van der Waals surface area (Å²) < 4.78 is 12.7. The Morgan fingerprint density at radius 3 is 2.39 bits per heavy atom. The highest BCUT2D eigenvalue weighted by Crippen LogP contribution is 2.36. The molecule has 1 heterocycles. The largest absolute Gasteiger partial charge is 0.424 e. The van der Waals surface area contributed by atoms with Crippen LogP contribution in [0.25, 0.3) is 6.08 Å². The number of cyclic esters (lactones) is 1. The summed E-state index contributed by atoms with van der Waals surface area (Å²) >= 11 is 10.2. The molecule has 3 rings (SSSR count). The number of carbonyl (C=O) groups excluding carboxylic acids is 2. The molecule has 0 aliphatic carbocycles. The Morgan fingerprint density at radius 1 is 1.14 bits per heavy atom. The molecule has 0 radical (unpaired) electrons. The minimum Gasteiger partial charge on any atom is -0.424 e. The predicted octanol–water partition coefficient (Wildman–Crippen LogP) is 6.02. The zero-order valence-corrected chi connectivity index (χ0v) is 19.4. The summed E-state index contributed by atoms with van der Waals surface area (Å²) in [6.45, 7) is 1.91. The first kappa shape index (κ1) is 21.0. The summed E-state index contributed by atoms with van der Waals surface area (Å²) in [6, 6.07) is 10.8. The average molecular weight is 572 g/mol. The lowest BCUT2D eigenvalue weighted by Crippen LogP contribution is -2.08. The first-order valence-corrected chi connectivity index (χ1v) is 10.7. The molecule has 0 N–H and O–H groups in total. The normalized spacial score (nSPS) is 14.8. The van der Waals surface area contributed by atoms with Crippen LogP contribution in [0.15, 0.2) is 60.5 Å². The lowest BCUT2D eigenvalue weighted by molar-refractivity contribution is -0.134. The number of nitrogens with zero attached hydrogens (tertiary/aromatic N) is 1. The summed E-state index contributed by atoms with van der Waals surface area (Å²) in [4.78, 5) is 28.2. The van der Waals surface area contributed by atoms with Crippen molar-refractivity contribution in [3.8, 4) is 5.75 Å². The molecule has 0 amide bonds. The van der Waals surface area contributed by atoms with Crippen molar-refractivity contribution >= 4 is 71.7 Å². The zero-order valence-electron chi connectivity index (χ0n) is 14.7. The van der Waals surface area contributed by atoms with Gasteiger partial charge in [-0.2, -0.15) is 0 Å². The number of aliphatic imine (C=N–C) groups is 1. The second-order valence-corrected chi connectivity index (χ2v) is 8.51. The van der Waals surface area contributed by atoms with Gasteiger partial charge in [-0.25, -0.2) is 9.79 Å². The zero-order chi connectivity index (χ0) is 20.3. The third kappa shape index (κ3) is 4.98. The standard InChI is InChI=1S/C20H14Br3NO4/c1-2-3-17(25)27-18-14(22)8-11(9-15(18)23)10-16-20(26)28-19(24-16)12-4-6-13(21)7-5-12/h4-10H,2-3H2,1H3/b16-10-. The summed E-state index contributed by atoms with van der Waals surface area (Å²) in [5.74, 6) is -0.178. The number of rotatable bonds is 5. The highest BCUT2D eigenvalue weighted by Gasteiger charge is 2.24. The Kier molecular flexibility index (Phi) is 6.85. The molecule has 28 heavy (non-hydrogen) atoms. The first-order chi connectivity index (χ1) is 13.4. The number of carbonyl (C=O) groups is 2. The van der Waals surface area contributed by atoms with Crippen molar-refractivity contribution in [2.45, 2.75) is 19.8 Å². The Morgan fingerprint density at radius 2 is 1.79 bits per heavy atom. The molecule has 0 saturated carbocycles. The van der Waals surface area contributed by atoms with Crippen LogP contribution >= 0.6 is 47.8 Å². The van der Waals surface area contributed by atoms with E-state index < -0.39 is 5.97 Å². The fraction of sp³-hybridized carbons (Fsp3) is 0.150. The Hall–Kier alpha value is -1.77. The molecular weight excluding hydrogens is 558 g/mol. The lowest BCUT2D eigenvalue weighted by Gasteiger charge is -2.09. The molecule has 0 aromatic heterocycles. The van der Waals surface area contributed by atoms with E-state index in [4.69, 9.17) is 9.47 Å². The number of esters is 2. The number of ether oxygens (including phenoxy) is 2. The van der Waals surface area contributed by atoms with Crippen molar-refractivity contribution in [1.82, 2.24) is 0 Å². The molecule has 2 aromatic rings. The first-order valence-electron chi connectivity index (χ1n) is 8.35. The number of benzene rings is 2. The third-order valence-electron chi connectivity index (χ3n) is 3.71. The third-order valence-corrected chi connectivity index (χ3v) is 5.41. The maximum Gasteiger partial charge on any atom is 0.363 e. The van der Waals surface area contributed by atoms with Gasteiger partial charge in [0.25, 0.3) is 0 Å². The minimum atomic E-state index is -0.524. The van der Waals surface area contributed by atoms with Gasteiger partial charge in [-0.15, -0.1) is 0 Å². The molecule has 8 heteroatoms. The number of halogens is 3. The van der Waals surface area contributed by atoms with E-state index in [1.54, 1.807) is 18.2 Å². The molecule has 5 nitrogen and oxygen atoms in total. The van der Waals surface area contributed by atoms with Crippen LogP contribution in [0.2, 0.25) is 0 Å². The van der Waals surface area contributed by atoms with E-state index in [0.29, 0.717) is 38.7 Å². The van der Waals surface area contributed by atoms with Gasteiger partial charge >= 0.3 is 11.9 Å². The van der Waals surface area contributed by atoms with Crippen molar-refractivity contribution in [2.24, 2.45) is 4.99 Å². The smallest absolute Gasteiger partial charge is 0.363 e. The fourth-order valence-corrected chi connectivity index (χ4v) is 4.06. The van der Waals surface area contributed by atoms with Gasteiger partial charge in [0.2, 0.25) is 5.90 Å². The summed E-state index contributed by atoms with van der Waals surface area (Å²) in [5.41, 5.74) is 1.59. The topological polar surface area (TPSA) is 65.0 Å². The van der Waals surface area contributed by atoms with Crippen molar-refractivity contribution in [1.29, 1.82) is 0 Å². The van der Waals surface area contributed by atoms with E-state index in [9.17, 15) is 9.59 Å². The fourth-order valence-electron chi connectivity index (χ4n) is 2.41. The molecule has 0 saturated heterocycles.